The SMILES string of the molecule is COc1ccc(C2=NC2c2ccccc2)cc1. The third-order valence-electron chi connectivity index (χ3n) is 2.96. The molecule has 0 saturated carbocycles. The number of rotatable bonds is 3. The van der Waals surface area contributed by atoms with Gasteiger partial charge >= 0.3 is 0 Å². The molecule has 0 N–H and O–H groups in total. The Bertz CT molecular complexity index is 543. The summed E-state index contributed by atoms with van der Waals surface area (Å²) in [5.41, 5.74) is 3.61. The maximum Gasteiger partial charge on any atom is 0.118 e. The highest BCUT2D eigenvalue weighted by molar-refractivity contribution is 6.13. The fraction of sp³-hybridized carbons (Fsp3) is 0.133. The van der Waals surface area contributed by atoms with Crippen molar-refractivity contribution in [2.24, 2.45) is 4.99 Å². The summed E-state index contributed by atoms with van der Waals surface area (Å²) < 4.78 is 5.14. The van der Waals surface area contributed by atoms with E-state index in [9.17, 15) is 0 Å². The Balaban J connectivity index is 1.78. The van der Waals surface area contributed by atoms with Gasteiger partial charge in [-0.25, -0.2) is 0 Å². The van der Waals surface area contributed by atoms with Crippen LogP contribution in [-0.4, -0.2) is 12.8 Å². The van der Waals surface area contributed by atoms with Crippen LogP contribution in [0.4, 0.5) is 0 Å². The molecule has 0 aromatic heterocycles. The Hall–Kier alpha value is -2.09. The highest BCUT2D eigenvalue weighted by Crippen LogP contribution is 2.35. The van der Waals surface area contributed by atoms with Crippen LogP contribution < -0.4 is 4.74 Å². The normalized spacial score (nSPS) is 17.5. The van der Waals surface area contributed by atoms with Gasteiger partial charge < -0.3 is 4.74 Å². The molecule has 2 nitrogen and oxygen atoms in total. The van der Waals surface area contributed by atoms with E-state index in [4.69, 9.17) is 4.74 Å². The van der Waals surface area contributed by atoms with Crippen molar-refractivity contribution in [1.82, 2.24) is 0 Å². The second-order valence-electron chi connectivity index (χ2n) is 4.06. The number of hydrogen-bond acceptors (Lipinski definition) is 2. The Morgan fingerprint density at radius 1 is 0.941 bits per heavy atom. The zero-order valence-electron chi connectivity index (χ0n) is 9.63. The summed E-state index contributed by atoms with van der Waals surface area (Å²) in [6.07, 6.45) is 0. The molecule has 3 rings (SSSR count). The molecule has 1 aliphatic heterocycles. The van der Waals surface area contributed by atoms with E-state index in [1.54, 1.807) is 7.11 Å². The molecule has 2 heteroatoms. The largest absolute Gasteiger partial charge is 0.497 e. The van der Waals surface area contributed by atoms with Gasteiger partial charge in [0.1, 0.15) is 11.8 Å². The molecule has 1 atom stereocenters. The van der Waals surface area contributed by atoms with Crippen LogP contribution in [0.1, 0.15) is 17.2 Å². The summed E-state index contributed by atoms with van der Waals surface area (Å²) in [6.45, 7) is 0. The Kier molecular flexibility index (Phi) is 2.41. The Labute approximate surface area is 101 Å². The first-order valence-corrected chi connectivity index (χ1v) is 5.65. The number of methoxy groups -OCH3 is 1. The second kappa shape index (κ2) is 4.06. The van der Waals surface area contributed by atoms with Gasteiger partial charge in [0.2, 0.25) is 0 Å². The van der Waals surface area contributed by atoms with E-state index in [0.29, 0.717) is 0 Å². The summed E-state index contributed by atoms with van der Waals surface area (Å²) in [4.78, 5) is 4.53. The molecule has 1 aliphatic rings. The number of ether oxygens (including phenoxy) is 1. The highest BCUT2D eigenvalue weighted by atomic mass is 16.5. The lowest BCUT2D eigenvalue weighted by molar-refractivity contribution is 0.415. The minimum atomic E-state index is 0.254. The van der Waals surface area contributed by atoms with E-state index in [-0.39, 0.29) is 6.04 Å². The molecule has 1 heterocycles. The van der Waals surface area contributed by atoms with Crippen molar-refractivity contribution < 1.29 is 4.74 Å². The molecule has 0 radical (unpaired) electrons. The van der Waals surface area contributed by atoms with Crippen molar-refractivity contribution in [3.8, 4) is 5.75 Å². The number of aliphatic imine (C=N–C) groups is 1. The van der Waals surface area contributed by atoms with Crippen molar-refractivity contribution >= 4 is 5.71 Å². The van der Waals surface area contributed by atoms with Crippen LogP contribution in [0.5, 0.6) is 5.75 Å². The van der Waals surface area contributed by atoms with Gasteiger partial charge in [-0.1, -0.05) is 30.3 Å². The average molecular weight is 223 g/mol. The molecule has 0 saturated heterocycles. The van der Waals surface area contributed by atoms with Crippen LogP contribution in [0, 0.1) is 0 Å². The monoisotopic (exact) mass is 223 g/mol. The smallest absolute Gasteiger partial charge is 0.118 e. The summed E-state index contributed by atoms with van der Waals surface area (Å²) in [7, 11) is 1.68. The highest BCUT2D eigenvalue weighted by Gasteiger charge is 2.30. The fourth-order valence-electron chi connectivity index (χ4n) is 1.96. The Morgan fingerprint density at radius 3 is 2.29 bits per heavy atom. The maximum absolute atomic E-state index is 5.14. The lowest BCUT2D eigenvalue weighted by atomic mass is 10.0. The van der Waals surface area contributed by atoms with E-state index in [0.717, 1.165) is 5.75 Å². The van der Waals surface area contributed by atoms with Crippen LogP contribution in [0.15, 0.2) is 59.6 Å². The van der Waals surface area contributed by atoms with Crippen LogP contribution in [0.25, 0.3) is 0 Å². The molecule has 84 valence electrons. The summed E-state index contributed by atoms with van der Waals surface area (Å²) in [5.74, 6) is 0.881. The first kappa shape index (κ1) is 10.1. The van der Waals surface area contributed by atoms with Gasteiger partial charge in [0.05, 0.1) is 12.8 Å². The van der Waals surface area contributed by atoms with Crippen molar-refractivity contribution in [3.05, 3.63) is 65.7 Å². The maximum atomic E-state index is 5.14. The van der Waals surface area contributed by atoms with Crippen molar-refractivity contribution in [2.45, 2.75) is 6.04 Å². The van der Waals surface area contributed by atoms with E-state index in [1.165, 1.54) is 16.8 Å². The van der Waals surface area contributed by atoms with Crippen molar-refractivity contribution in [3.63, 3.8) is 0 Å². The van der Waals surface area contributed by atoms with Gasteiger partial charge in [-0.3, -0.25) is 4.99 Å². The first-order chi connectivity index (χ1) is 8.38. The zero-order chi connectivity index (χ0) is 11.7. The van der Waals surface area contributed by atoms with E-state index < -0.39 is 0 Å². The van der Waals surface area contributed by atoms with Gasteiger partial charge in [-0.05, 0) is 35.4 Å². The molecule has 0 amide bonds. The third kappa shape index (κ3) is 1.94. The Morgan fingerprint density at radius 2 is 1.65 bits per heavy atom. The summed E-state index contributed by atoms with van der Waals surface area (Å²) in [5, 5.41) is 0. The fourth-order valence-corrected chi connectivity index (χ4v) is 1.96. The molecule has 0 bridgehead atoms. The average Bonchev–Trinajstić information content (AvgIpc) is 3.20. The van der Waals surface area contributed by atoms with Crippen LogP contribution in [0.2, 0.25) is 0 Å². The lowest BCUT2D eigenvalue weighted by Crippen LogP contribution is -1.93. The molecule has 17 heavy (non-hydrogen) atoms. The quantitative estimate of drug-likeness (QED) is 0.782. The molecular weight excluding hydrogens is 210 g/mol. The van der Waals surface area contributed by atoms with Crippen molar-refractivity contribution in [1.29, 1.82) is 0 Å². The zero-order valence-corrected chi connectivity index (χ0v) is 9.63. The minimum absolute atomic E-state index is 0.254. The minimum Gasteiger partial charge on any atom is -0.497 e. The molecule has 0 spiro atoms. The van der Waals surface area contributed by atoms with Crippen LogP contribution in [0.3, 0.4) is 0 Å². The second-order valence-corrected chi connectivity index (χ2v) is 4.06. The molecule has 0 aliphatic carbocycles. The van der Waals surface area contributed by atoms with Gasteiger partial charge in [0, 0.05) is 0 Å². The standard InChI is InChI=1S/C15H13NO/c1-17-13-9-7-12(8-10-13)15-14(16-15)11-5-3-2-4-6-11/h2-10,14H,1H3. The topological polar surface area (TPSA) is 21.6 Å². The van der Waals surface area contributed by atoms with Gasteiger partial charge in [0.15, 0.2) is 0 Å². The molecule has 2 aromatic carbocycles. The predicted octanol–water partition coefficient (Wildman–Crippen LogP) is 3.24. The number of hydrogen-bond donors (Lipinski definition) is 0. The van der Waals surface area contributed by atoms with Gasteiger partial charge in [-0.2, -0.15) is 0 Å². The van der Waals surface area contributed by atoms with E-state index in [1.807, 2.05) is 18.2 Å². The number of benzene rings is 2. The summed E-state index contributed by atoms with van der Waals surface area (Å²) >= 11 is 0. The van der Waals surface area contributed by atoms with Crippen molar-refractivity contribution in [2.75, 3.05) is 7.11 Å². The number of nitrogens with zero attached hydrogens (tertiary/aromatic N) is 1. The van der Waals surface area contributed by atoms with Crippen LogP contribution in [-0.2, 0) is 0 Å². The molecule has 1 unspecified atom stereocenters. The van der Waals surface area contributed by atoms with Gasteiger partial charge in [0.25, 0.3) is 0 Å². The molecule has 2 aromatic rings. The third-order valence-corrected chi connectivity index (χ3v) is 2.96. The molecule has 0 fully saturated rings. The van der Waals surface area contributed by atoms with Gasteiger partial charge in [-0.15, -0.1) is 0 Å². The first-order valence-electron chi connectivity index (χ1n) is 5.65. The lowest BCUT2D eigenvalue weighted by Gasteiger charge is -2.00. The predicted molar refractivity (Wildman–Crippen MR) is 68.7 cm³/mol. The summed E-state index contributed by atoms with van der Waals surface area (Å²) in [6, 6.07) is 18.7. The molecular formula is C15H13NO. The van der Waals surface area contributed by atoms with Crippen LogP contribution >= 0.6 is 0 Å². The van der Waals surface area contributed by atoms with E-state index >= 15 is 0 Å². The van der Waals surface area contributed by atoms with E-state index in [2.05, 4.69) is 41.4 Å².